The number of ketones is 1. The lowest BCUT2D eigenvalue weighted by Crippen LogP contribution is -2.24. The third kappa shape index (κ3) is 3.45. The Morgan fingerprint density at radius 2 is 2.06 bits per heavy atom. The molecule has 0 unspecified atom stereocenters. The van der Waals surface area contributed by atoms with Crippen molar-refractivity contribution in [1.82, 2.24) is 9.88 Å². The third-order valence-electron chi connectivity index (χ3n) is 3.29. The lowest BCUT2D eigenvalue weighted by Gasteiger charge is -2.13. The van der Waals surface area contributed by atoms with Gasteiger partial charge in [-0.2, -0.15) is 0 Å². The van der Waals surface area contributed by atoms with E-state index in [1.54, 1.807) is 0 Å². The van der Waals surface area contributed by atoms with Crippen molar-refractivity contribution in [2.24, 2.45) is 0 Å². The van der Waals surface area contributed by atoms with Gasteiger partial charge in [-0.3, -0.25) is 4.79 Å². The highest BCUT2D eigenvalue weighted by molar-refractivity contribution is 5.99. The number of carbonyl (C=O) groups excluding carboxylic acids is 1. The molecule has 1 aromatic rings. The number of nitrogens with zero attached hydrogens (tertiary/aromatic N) is 1. The van der Waals surface area contributed by atoms with Crippen LogP contribution in [0.3, 0.4) is 0 Å². The van der Waals surface area contributed by atoms with Gasteiger partial charge in [0.1, 0.15) is 0 Å². The Kier molecular flexibility index (Phi) is 5.60. The maximum absolute atomic E-state index is 12.1. The Hall–Kier alpha value is -1.09. The van der Waals surface area contributed by atoms with Gasteiger partial charge in [0.2, 0.25) is 0 Å². The van der Waals surface area contributed by atoms with Crippen LogP contribution in [0.4, 0.5) is 0 Å². The highest BCUT2D eigenvalue weighted by Gasteiger charge is 2.16. The molecule has 0 fully saturated rings. The number of unbranched alkanes of at least 4 members (excludes halogenated alkanes) is 1. The van der Waals surface area contributed by atoms with E-state index in [0.717, 1.165) is 30.6 Å². The lowest BCUT2D eigenvalue weighted by molar-refractivity contribution is 0.0990. The van der Waals surface area contributed by atoms with E-state index >= 15 is 0 Å². The molecule has 1 aromatic heterocycles. The summed E-state index contributed by atoms with van der Waals surface area (Å²) in [5.74, 6) is 0.200. The van der Waals surface area contributed by atoms with Crippen LogP contribution >= 0.6 is 0 Å². The first-order valence-electron chi connectivity index (χ1n) is 6.91. The van der Waals surface area contributed by atoms with E-state index in [2.05, 4.69) is 37.6 Å². The van der Waals surface area contributed by atoms with Crippen LogP contribution in [-0.4, -0.2) is 23.4 Å². The average Bonchev–Trinajstić information content (AvgIpc) is 2.60. The number of aromatic nitrogens is 1. The standard InChI is InChI=1S/C15H26N2O/c1-6-7-8-16-10-15(18)14-9-12(4)17(11(2)3)13(14)5/h9,11,16H,6-8,10H2,1-5H3. The molecule has 0 aromatic carbocycles. The monoisotopic (exact) mass is 250 g/mol. The summed E-state index contributed by atoms with van der Waals surface area (Å²) in [6.45, 7) is 11.9. The van der Waals surface area contributed by atoms with Crippen molar-refractivity contribution in [3.05, 3.63) is 23.0 Å². The highest BCUT2D eigenvalue weighted by atomic mass is 16.1. The van der Waals surface area contributed by atoms with Crippen molar-refractivity contribution in [2.45, 2.75) is 53.5 Å². The fourth-order valence-corrected chi connectivity index (χ4v) is 2.45. The van der Waals surface area contributed by atoms with Crippen LogP contribution in [0.5, 0.6) is 0 Å². The smallest absolute Gasteiger partial charge is 0.178 e. The van der Waals surface area contributed by atoms with Crippen LogP contribution in [0.2, 0.25) is 0 Å². The predicted octanol–water partition coefficient (Wildman–Crippen LogP) is 3.26. The summed E-state index contributed by atoms with van der Waals surface area (Å²) >= 11 is 0. The molecule has 0 radical (unpaired) electrons. The molecule has 0 aliphatic heterocycles. The van der Waals surface area contributed by atoms with Crippen molar-refractivity contribution in [2.75, 3.05) is 13.1 Å². The molecule has 3 nitrogen and oxygen atoms in total. The molecule has 0 amide bonds. The van der Waals surface area contributed by atoms with E-state index < -0.39 is 0 Å². The van der Waals surface area contributed by atoms with Crippen LogP contribution < -0.4 is 5.32 Å². The van der Waals surface area contributed by atoms with Gasteiger partial charge < -0.3 is 9.88 Å². The topological polar surface area (TPSA) is 34.0 Å². The normalized spacial score (nSPS) is 11.2. The second-order valence-electron chi connectivity index (χ2n) is 5.20. The molecule has 18 heavy (non-hydrogen) atoms. The minimum Gasteiger partial charge on any atom is -0.346 e. The van der Waals surface area contributed by atoms with E-state index in [1.807, 2.05) is 13.0 Å². The molecule has 1 N–H and O–H groups in total. The maximum atomic E-state index is 12.1. The molecule has 0 atom stereocenters. The van der Waals surface area contributed by atoms with Gasteiger partial charge in [0.15, 0.2) is 5.78 Å². The van der Waals surface area contributed by atoms with Gasteiger partial charge in [-0.1, -0.05) is 13.3 Å². The molecule has 0 aliphatic carbocycles. The first kappa shape index (κ1) is 15.0. The van der Waals surface area contributed by atoms with E-state index in [-0.39, 0.29) is 5.78 Å². The summed E-state index contributed by atoms with van der Waals surface area (Å²) in [4.78, 5) is 12.1. The van der Waals surface area contributed by atoms with Crippen molar-refractivity contribution in [1.29, 1.82) is 0 Å². The number of hydrogen-bond acceptors (Lipinski definition) is 2. The zero-order valence-corrected chi connectivity index (χ0v) is 12.3. The summed E-state index contributed by atoms with van der Waals surface area (Å²) in [6, 6.07) is 2.42. The minimum absolute atomic E-state index is 0.200. The second-order valence-corrected chi connectivity index (χ2v) is 5.20. The Morgan fingerprint density at radius 1 is 1.39 bits per heavy atom. The van der Waals surface area contributed by atoms with Gasteiger partial charge in [0.05, 0.1) is 6.54 Å². The second kappa shape index (κ2) is 6.74. The summed E-state index contributed by atoms with van der Waals surface area (Å²) in [5, 5.41) is 3.21. The molecule has 0 spiro atoms. The average molecular weight is 250 g/mol. The molecule has 3 heteroatoms. The van der Waals surface area contributed by atoms with Crippen molar-refractivity contribution in [3.63, 3.8) is 0 Å². The Labute approximate surface area is 111 Å². The van der Waals surface area contributed by atoms with Crippen LogP contribution in [0.1, 0.15) is 61.4 Å². The molecule has 0 saturated carbocycles. The fourth-order valence-electron chi connectivity index (χ4n) is 2.45. The van der Waals surface area contributed by atoms with Gasteiger partial charge in [0.25, 0.3) is 0 Å². The van der Waals surface area contributed by atoms with E-state index in [9.17, 15) is 4.79 Å². The van der Waals surface area contributed by atoms with Crippen LogP contribution in [0.15, 0.2) is 6.07 Å². The molecule has 0 aliphatic rings. The molecular weight excluding hydrogens is 224 g/mol. The van der Waals surface area contributed by atoms with E-state index in [0.29, 0.717) is 12.6 Å². The maximum Gasteiger partial charge on any atom is 0.178 e. The number of Topliss-reactive ketones (excluding diaryl/α,β-unsaturated/α-hetero) is 1. The van der Waals surface area contributed by atoms with Gasteiger partial charge >= 0.3 is 0 Å². The SMILES string of the molecule is CCCCNCC(=O)c1cc(C)n(C(C)C)c1C. The summed E-state index contributed by atoms with van der Waals surface area (Å²) in [7, 11) is 0. The van der Waals surface area contributed by atoms with Gasteiger partial charge in [-0.15, -0.1) is 0 Å². The van der Waals surface area contributed by atoms with Crippen LogP contribution in [0.25, 0.3) is 0 Å². The zero-order valence-electron chi connectivity index (χ0n) is 12.3. The number of nitrogens with one attached hydrogen (secondary N) is 1. The summed E-state index contributed by atoms with van der Waals surface area (Å²) in [6.07, 6.45) is 2.28. The molecular formula is C15H26N2O. The number of hydrogen-bond donors (Lipinski definition) is 1. The molecule has 0 saturated heterocycles. The highest BCUT2D eigenvalue weighted by Crippen LogP contribution is 2.20. The summed E-state index contributed by atoms with van der Waals surface area (Å²) < 4.78 is 2.22. The van der Waals surface area contributed by atoms with Crippen molar-refractivity contribution >= 4 is 5.78 Å². The number of aryl methyl sites for hydroxylation is 1. The minimum atomic E-state index is 0.200. The van der Waals surface area contributed by atoms with Crippen molar-refractivity contribution < 1.29 is 4.79 Å². The van der Waals surface area contributed by atoms with Gasteiger partial charge in [0, 0.05) is 23.0 Å². The lowest BCUT2D eigenvalue weighted by atomic mass is 10.1. The third-order valence-corrected chi connectivity index (χ3v) is 3.29. The molecule has 0 bridgehead atoms. The largest absolute Gasteiger partial charge is 0.346 e. The fraction of sp³-hybridized carbons (Fsp3) is 0.667. The predicted molar refractivity (Wildman–Crippen MR) is 76.4 cm³/mol. The van der Waals surface area contributed by atoms with Crippen LogP contribution in [0, 0.1) is 13.8 Å². The van der Waals surface area contributed by atoms with Crippen LogP contribution in [-0.2, 0) is 0 Å². The Bertz CT molecular complexity index is 405. The van der Waals surface area contributed by atoms with Gasteiger partial charge in [-0.05, 0) is 46.7 Å². The Balaban J connectivity index is 2.72. The first-order chi connectivity index (χ1) is 8.49. The Morgan fingerprint density at radius 3 is 2.56 bits per heavy atom. The first-order valence-corrected chi connectivity index (χ1v) is 6.91. The van der Waals surface area contributed by atoms with Gasteiger partial charge in [-0.25, -0.2) is 0 Å². The van der Waals surface area contributed by atoms with Crippen molar-refractivity contribution in [3.8, 4) is 0 Å². The molecule has 102 valence electrons. The zero-order chi connectivity index (χ0) is 13.7. The molecule has 1 rings (SSSR count). The molecule has 1 heterocycles. The van der Waals surface area contributed by atoms with E-state index in [4.69, 9.17) is 0 Å². The van der Waals surface area contributed by atoms with E-state index in [1.165, 1.54) is 5.69 Å². The number of rotatable bonds is 7. The number of carbonyl (C=O) groups is 1. The summed E-state index contributed by atoms with van der Waals surface area (Å²) in [5.41, 5.74) is 3.12. The quantitative estimate of drug-likeness (QED) is 0.595.